The summed E-state index contributed by atoms with van der Waals surface area (Å²) in [6.45, 7) is 4.08. The number of aryl methyl sites for hydroxylation is 2. The van der Waals surface area contributed by atoms with Crippen molar-refractivity contribution in [1.82, 2.24) is 9.97 Å². The van der Waals surface area contributed by atoms with E-state index in [1.54, 1.807) is 24.3 Å². The first kappa shape index (κ1) is 16.6. The van der Waals surface area contributed by atoms with Crippen molar-refractivity contribution in [3.63, 3.8) is 0 Å². The van der Waals surface area contributed by atoms with Gasteiger partial charge in [0.05, 0.1) is 5.56 Å². The third-order valence-corrected chi connectivity index (χ3v) is 3.82. The molecule has 2 aromatic carbocycles. The van der Waals surface area contributed by atoms with E-state index in [0.717, 1.165) is 11.4 Å². The summed E-state index contributed by atoms with van der Waals surface area (Å²) in [4.78, 5) is 22.6. The quantitative estimate of drug-likeness (QED) is 0.781. The molecular formula is C20H20N4O. The minimum absolute atomic E-state index is 0.149. The van der Waals surface area contributed by atoms with Gasteiger partial charge in [-0.2, -0.15) is 0 Å². The van der Waals surface area contributed by atoms with E-state index in [-0.39, 0.29) is 5.91 Å². The van der Waals surface area contributed by atoms with Crippen molar-refractivity contribution in [2.75, 3.05) is 17.3 Å². The number of hydrogen-bond acceptors (Lipinski definition) is 4. The lowest BCUT2D eigenvalue weighted by atomic mass is 10.1. The van der Waals surface area contributed by atoms with Crippen LogP contribution in [-0.4, -0.2) is 22.9 Å². The van der Waals surface area contributed by atoms with Gasteiger partial charge in [-0.3, -0.25) is 4.79 Å². The Hall–Kier alpha value is -3.21. The van der Waals surface area contributed by atoms with Crippen molar-refractivity contribution in [3.8, 4) is 0 Å². The van der Waals surface area contributed by atoms with Crippen molar-refractivity contribution < 1.29 is 4.79 Å². The zero-order chi connectivity index (χ0) is 17.8. The van der Waals surface area contributed by atoms with Gasteiger partial charge in [0.1, 0.15) is 0 Å². The molecule has 3 aromatic rings. The van der Waals surface area contributed by atoms with Crippen LogP contribution < -0.4 is 10.2 Å². The molecule has 0 unspecified atom stereocenters. The molecule has 5 nitrogen and oxygen atoms in total. The maximum atomic E-state index is 12.5. The number of rotatable bonds is 4. The fourth-order valence-corrected chi connectivity index (χ4v) is 2.64. The SMILES string of the molecule is Cc1cc(C)cc(Nc2ncc(C(=O)N(C)c3ccccc3)cn2)c1. The number of carbonyl (C=O) groups excluding carboxylic acids is 1. The Labute approximate surface area is 147 Å². The molecule has 0 bridgehead atoms. The van der Waals surface area contributed by atoms with Gasteiger partial charge in [0.2, 0.25) is 5.95 Å². The molecule has 0 spiro atoms. The van der Waals surface area contributed by atoms with E-state index in [1.807, 2.05) is 56.3 Å². The van der Waals surface area contributed by atoms with Gasteiger partial charge in [0, 0.05) is 30.8 Å². The van der Waals surface area contributed by atoms with Crippen LogP contribution in [0.1, 0.15) is 21.5 Å². The molecule has 0 aliphatic heterocycles. The van der Waals surface area contributed by atoms with Gasteiger partial charge in [-0.15, -0.1) is 0 Å². The number of aromatic nitrogens is 2. The average molecular weight is 332 g/mol. The molecule has 0 aliphatic rings. The minimum atomic E-state index is -0.149. The van der Waals surface area contributed by atoms with Gasteiger partial charge in [-0.05, 0) is 49.2 Å². The Kier molecular flexibility index (Phi) is 4.75. The zero-order valence-electron chi connectivity index (χ0n) is 14.5. The molecule has 1 amide bonds. The van der Waals surface area contributed by atoms with Crippen LogP contribution in [0.3, 0.4) is 0 Å². The topological polar surface area (TPSA) is 58.1 Å². The second-order valence-corrected chi connectivity index (χ2v) is 6.00. The lowest BCUT2D eigenvalue weighted by Gasteiger charge is -2.17. The van der Waals surface area contributed by atoms with Crippen molar-refractivity contribution in [2.24, 2.45) is 0 Å². The summed E-state index contributed by atoms with van der Waals surface area (Å²) in [7, 11) is 1.74. The predicted molar refractivity (Wildman–Crippen MR) is 100 cm³/mol. The number of nitrogens with zero attached hydrogens (tertiary/aromatic N) is 3. The van der Waals surface area contributed by atoms with Crippen molar-refractivity contribution in [3.05, 3.63) is 77.6 Å². The van der Waals surface area contributed by atoms with Crippen LogP contribution in [0.25, 0.3) is 0 Å². The standard InChI is InChI=1S/C20H20N4O/c1-14-9-15(2)11-17(10-14)23-20-21-12-16(13-22-20)19(25)24(3)18-7-5-4-6-8-18/h4-13H,1-3H3,(H,21,22,23). The lowest BCUT2D eigenvalue weighted by molar-refractivity contribution is 0.0992. The van der Waals surface area contributed by atoms with Gasteiger partial charge < -0.3 is 10.2 Å². The summed E-state index contributed by atoms with van der Waals surface area (Å²) >= 11 is 0. The maximum Gasteiger partial charge on any atom is 0.261 e. The number of nitrogens with one attached hydrogen (secondary N) is 1. The van der Waals surface area contributed by atoms with E-state index >= 15 is 0 Å². The zero-order valence-corrected chi connectivity index (χ0v) is 14.5. The summed E-state index contributed by atoms with van der Waals surface area (Å²) in [6, 6.07) is 15.6. The highest BCUT2D eigenvalue weighted by molar-refractivity contribution is 6.05. The Morgan fingerprint density at radius 1 is 0.960 bits per heavy atom. The average Bonchev–Trinajstić information content (AvgIpc) is 2.61. The van der Waals surface area contributed by atoms with Crippen molar-refractivity contribution in [2.45, 2.75) is 13.8 Å². The summed E-state index contributed by atoms with van der Waals surface area (Å²) in [5.41, 5.74) is 4.53. The number of amides is 1. The molecule has 1 aromatic heterocycles. The third-order valence-electron chi connectivity index (χ3n) is 3.82. The summed E-state index contributed by atoms with van der Waals surface area (Å²) in [5.74, 6) is 0.313. The smallest absolute Gasteiger partial charge is 0.261 e. The Morgan fingerprint density at radius 3 is 2.16 bits per heavy atom. The van der Waals surface area contributed by atoms with Crippen LogP contribution in [0, 0.1) is 13.8 Å². The number of hydrogen-bond donors (Lipinski definition) is 1. The van der Waals surface area contributed by atoms with Crippen LogP contribution in [0.15, 0.2) is 60.9 Å². The minimum Gasteiger partial charge on any atom is -0.324 e. The Morgan fingerprint density at radius 2 is 1.56 bits per heavy atom. The van der Waals surface area contributed by atoms with E-state index in [1.165, 1.54) is 11.1 Å². The molecule has 0 atom stereocenters. The van der Waals surface area contributed by atoms with Crippen LogP contribution >= 0.6 is 0 Å². The predicted octanol–water partition coefficient (Wildman–Crippen LogP) is 4.11. The molecule has 5 heteroatoms. The van der Waals surface area contributed by atoms with Crippen LogP contribution in [-0.2, 0) is 0 Å². The largest absolute Gasteiger partial charge is 0.324 e. The second kappa shape index (κ2) is 7.13. The molecule has 0 radical (unpaired) electrons. The molecule has 1 heterocycles. The van der Waals surface area contributed by atoms with Gasteiger partial charge >= 0.3 is 0 Å². The second-order valence-electron chi connectivity index (χ2n) is 6.00. The highest BCUT2D eigenvalue weighted by Crippen LogP contribution is 2.18. The van der Waals surface area contributed by atoms with E-state index < -0.39 is 0 Å². The summed E-state index contributed by atoms with van der Waals surface area (Å²) < 4.78 is 0. The first-order valence-corrected chi connectivity index (χ1v) is 8.03. The fourth-order valence-electron chi connectivity index (χ4n) is 2.64. The number of para-hydroxylation sites is 1. The molecule has 25 heavy (non-hydrogen) atoms. The van der Waals surface area contributed by atoms with Crippen LogP contribution in [0.4, 0.5) is 17.3 Å². The molecule has 0 aliphatic carbocycles. The first-order valence-electron chi connectivity index (χ1n) is 8.03. The van der Waals surface area contributed by atoms with Gasteiger partial charge in [0.15, 0.2) is 0 Å². The molecule has 126 valence electrons. The van der Waals surface area contributed by atoms with E-state index in [9.17, 15) is 4.79 Å². The molecule has 3 rings (SSSR count). The van der Waals surface area contributed by atoms with E-state index in [2.05, 4.69) is 21.4 Å². The Bertz CT molecular complexity index is 856. The van der Waals surface area contributed by atoms with Crippen LogP contribution in [0.2, 0.25) is 0 Å². The van der Waals surface area contributed by atoms with Gasteiger partial charge in [0.25, 0.3) is 5.91 Å². The summed E-state index contributed by atoms with van der Waals surface area (Å²) in [6.07, 6.45) is 3.08. The highest BCUT2D eigenvalue weighted by Gasteiger charge is 2.14. The van der Waals surface area contributed by atoms with Gasteiger partial charge in [-0.1, -0.05) is 24.3 Å². The summed E-state index contributed by atoms with van der Waals surface area (Å²) in [5, 5.41) is 3.17. The molecule has 0 saturated heterocycles. The van der Waals surface area contributed by atoms with E-state index in [0.29, 0.717) is 11.5 Å². The van der Waals surface area contributed by atoms with E-state index in [4.69, 9.17) is 0 Å². The van der Waals surface area contributed by atoms with Gasteiger partial charge in [-0.25, -0.2) is 9.97 Å². The van der Waals surface area contributed by atoms with Crippen molar-refractivity contribution >= 4 is 23.2 Å². The monoisotopic (exact) mass is 332 g/mol. The number of anilines is 3. The number of carbonyl (C=O) groups is 1. The first-order chi connectivity index (χ1) is 12.0. The molecule has 1 N–H and O–H groups in total. The van der Waals surface area contributed by atoms with Crippen LogP contribution in [0.5, 0.6) is 0 Å². The van der Waals surface area contributed by atoms with Crippen molar-refractivity contribution in [1.29, 1.82) is 0 Å². The maximum absolute atomic E-state index is 12.5. The highest BCUT2D eigenvalue weighted by atomic mass is 16.2. The molecule has 0 fully saturated rings. The fraction of sp³-hybridized carbons (Fsp3) is 0.150. The normalized spacial score (nSPS) is 10.4. The third kappa shape index (κ3) is 4.01. The molecular weight excluding hydrogens is 312 g/mol. The number of benzene rings is 2. The molecule has 0 saturated carbocycles. The Balaban J connectivity index is 1.74. The lowest BCUT2D eigenvalue weighted by Crippen LogP contribution is -2.26.